The number of ether oxygens (including phenoxy) is 1. The zero-order chi connectivity index (χ0) is 11.6. The molecule has 0 aromatic carbocycles. The molecule has 4 atom stereocenters. The first-order chi connectivity index (χ1) is 6.85. The summed E-state index contributed by atoms with van der Waals surface area (Å²) in [6, 6.07) is 0. The largest absolute Gasteiger partial charge is 0.390 e. The first kappa shape index (κ1) is 13.2. The standard InChI is InChI=1S/C12H23O2P/c1-8-11(13)9(6-12(2,3)4)10(14-8)7-15-5/h8-11,13H,5-7H2,1-4H3/t8?,9-,10?,11+/m1/s1. The van der Waals surface area contributed by atoms with Crippen LogP contribution in [0.25, 0.3) is 0 Å². The summed E-state index contributed by atoms with van der Waals surface area (Å²) in [5, 5.41) is 10.1. The van der Waals surface area contributed by atoms with Crippen LogP contribution in [-0.2, 0) is 4.74 Å². The van der Waals surface area contributed by atoms with E-state index in [4.69, 9.17) is 4.74 Å². The normalized spacial score (nSPS) is 37.4. The maximum absolute atomic E-state index is 10.1. The van der Waals surface area contributed by atoms with Gasteiger partial charge in [0.2, 0.25) is 0 Å². The molecule has 2 unspecified atom stereocenters. The Labute approximate surface area is 94.8 Å². The number of rotatable bonds is 3. The van der Waals surface area contributed by atoms with E-state index in [1.165, 1.54) is 0 Å². The maximum atomic E-state index is 10.1. The predicted molar refractivity (Wildman–Crippen MR) is 66.8 cm³/mol. The number of hydrogen-bond acceptors (Lipinski definition) is 2. The lowest BCUT2D eigenvalue weighted by Gasteiger charge is -2.27. The van der Waals surface area contributed by atoms with Crippen molar-refractivity contribution in [1.82, 2.24) is 0 Å². The third-order valence-electron chi connectivity index (χ3n) is 2.94. The van der Waals surface area contributed by atoms with E-state index in [2.05, 4.69) is 27.1 Å². The predicted octanol–water partition coefficient (Wildman–Crippen LogP) is 2.57. The van der Waals surface area contributed by atoms with E-state index >= 15 is 0 Å². The zero-order valence-corrected chi connectivity index (χ0v) is 11.1. The zero-order valence-electron chi connectivity index (χ0n) is 10.2. The summed E-state index contributed by atoms with van der Waals surface area (Å²) in [5.74, 6) is 0.272. The van der Waals surface area contributed by atoms with Gasteiger partial charge >= 0.3 is 0 Å². The fraction of sp³-hybridized carbons (Fsp3) is 0.917. The summed E-state index contributed by atoms with van der Waals surface area (Å²) in [6.45, 7) is 8.59. The van der Waals surface area contributed by atoms with Crippen molar-refractivity contribution in [3.8, 4) is 0 Å². The van der Waals surface area contributed by atoms with Crippen molar-refractivity contribution >= 4 is 14.5 Å². The Morgan fingerprint density at radius 1 is 1.40 bits per heavy atom. The Kier molecular flexibility index (Phi) is 4.34. The van der Waals surface area contributed by atoms with Crippen LogP contribution in [0, 0.1) is 11.3 Å². The molecule has 1 heterocycles. The molecule has 0 aromatic rings. The molecular weight excluding hydrogens is 207 g/mol. The fourth-order valence-corrected chi connectivity index (χ4v) is 2.90. The summed E-state index contributed by atoms with van der Waals surface area (Å²) >= 11 is 0. The van der Waals surface area contributed by atoms with Crippen LogP contribution in [0.3, 0.4) is 0 Å². The molecule has 0 aromatic heterocycles. The molecule has 1 N–H and O–H groups in total. The van der Waals surface area contributed by atoms with E-state index in [9.17, 15) is 5.11 Å². The van der Waals surface area contributed by atoms with Crippen LogP contribution in [0.5, 0.6) is 0 Å². The van der Waals surface area contributed by atoms with E-state index in [0.717, 1.165) is 20.8 Å². The molecule has 3 heteroatoms. The Morgan fingerprint density at radius 2 is 2.00 bits per heavy atom. The van der Waals surface area contributed by atoms with Gasteiger partial charge in [0.1, 0.15) is 0 Å². The van der Waals surface area contributed by atoms with Gasteiger partial charge in [-0.1, -0.05) is 27.1 Å². The Morgan fingerprint density at radius 3 is 2.47 bits per heavy atom. The van der Waals surface area contributed by atoms with Crippen LogP contribution in [0.2, 0.25) is 0 Å². The lowest BCUT2D eigenvalue weighted by Crippen LogP contribution is -2.30. The molecule has 1 aliphatic heterocycles. The van der Waals surface area contributed by atoms with Gasteiger partial charge in [-0.05, 0) is 18.8 Å². The number of aliphatic hydroxyl groups excluding tert-OH is 1. The van der Waals surface area contributed by atoms with Gasteiger partial charge in [-0.2, -0.15) is 0 Å². The van der Waals surface area contributed by atoms with E-state index in [1.807, 2.05) is 6.92 Å². The minimum absolute atomic E-state index is 0.0240. The second-order valence-corrected chi connectivity index (χ2v) is 6.52. The lowest BCUT2D eigenvalue weighted by molar-refractivity contribution is 0.0301. The molecule has 1 rings (SSSR count). The van der Waals surface area contributed by atoms with Gasteiger partial charge in [0.05, 0.1) is 18.3 Å². The average molecular weight is 230 g/mol. The highest BCUT2D eigenvalue weighted by Crippen LogP contribution is 2.37. The molecule has 2 nitrogen and oxygen atoms in total. The van der Waals surface area contributed by atoms with E-state index < -0.39 is 0 Å². The highest BCUT2D eigenvalue weighted by atomic mass is 31.1. The van der Waals surface area contributed by atoms with Crippen molar-refractivity contribution in [3.05, 3.63) is 0 Å². The van der Waals surface area contributed by atoms with Gasteiger partial charge in [-0.25, -0.2) is 0 Å². The molecule has 1 fully saturated rings. The summed E-state index contributed by atoms with van der Waals surface area (Å²) in [7, 11) is 1.10. The molecule has 0 bridgehead atoms. The molecule has 1 saturated heterocycles. The topological polar surface area (TPSA) is 29.5 Å². The van der Waals surface area contributed by atoms with Crippen molar-refractivity contribution in [3.63, 3.8) is 0 Å². The van der Waals surface area contributed by atoms with Gasteiger partial charge in [0.15, 0.2) is 0 Å². The van der Waals surface area contributed by atoms with Crippen molar-refractivity contribution in [2.45, 2.75) is 52.4 Å². The smallest absolute Gasteiger partial charge is 0.0852 e. The first-order valence-electron chi connectivity index (χ1n) is 5.61. The second-order valence-electron chi connectivity index (χ2n) is 5.71. The van der Waals surface area contributed by atoms with Gasteiger partial charge < -0.3 is 9.84 Å². The van der Waals surface area contributed by atoms with Crippen molar-refractivity contribution in [2.75, 3.05) is 6.16 Å². The van der Waals surface area contributed by atoms with Crippen LogP contribution in [0.1, 0.15) is 34.1 Å². The summed E-state index contributed by atoms with van der Waals surface area (Å²) in [5.41, 5.74) is 0.245. The molecule has 1 aliphatic rings. The lowest BCUT2D eigenvalue weighted by atomic mass is 9.80. The number of aliphatic hydroxyl groups is 1. The van der Waals surface area contributed by atoms with Crippen molar-refractivity contribution in [2.24, 2.45) is 11.3 Å². The molecule has 0 spiro atoms. The minimum atomic E-state index is -0.309. The molecule has 88 valence electrons. The van der Waals surface area contributed by atoms with E-state index in [-0.39, 0.29) is 29.6 Å². The average Bonchev–Trinajstić information content (AvgIpc) is 2.32. The summed E-state index contributed by atoms with van der Waals surface area (Å²) < 4.78 is 5.78. The maximum Gasteiger partial charge on any atom is 0.0852 e. The Hall–Kier alpha value is 0.0900. The molecule has 15 heavy (non-hydrogen) atoms. The SMILES string of the molecule is C=PCC1OC(C)[C@H](O)[C@@H]1CC(C)(C)C. The third kappa shape index (κ3) is 3.55. The molecule has 0 amide bonds. The fourth-order valence-electron chi connectivity index (χ4n) is 2.29. The molecule has 0 radical (unpaired) electrons. The van der Waals surface area contributed by atoms with Crippen molar-refractivity contribution in [1.29, 1.82) is 0 Å². The third-order valence-corrected chi connectivity index (χ3v) is 3.56. The van der Waals surface area contributed by atoms with E-state index in [0.29, 0.717) is 0 Å². The Balaban J connectivity index is 2.68. The molecular formula is C12H23O2P. The van der Waals surface area contributed by atoms with Crippen LogP contribution in [-0.4, -0.2) is 35.9 Å². The van der Waals surface area contributed by atoms with Crippen LogP contribution in [0.4, 0.5) is 0 Å². The number of hydrogen-bond donors (Lipinski definition) is 1. The summed E-state index contributed by atoms with van der Waals surface area (Å²) in [6.07, 6.45) is 5.64. The van der Waals surface area contributed by atoms with Gasteiger partial charge in [0, 0.05) is 12.1 Å². The highest BCUT2D eigenvalue weighted by Gasteiger charge is 2.42. The van der Waals surface area contributed by atoms with Gasteiger partial charge in [0.25, 0.3) is 0 Å². The van der Waals surface area contributed by atoms with Crippen LogP contribution in [0.15, 0.2) is 0 Å². The van der Waals surface area contributed by atoms with Crippen LogP contribution >= 0.6 is 8.20 Å². The highest BCUT2D eigenvalue weighted by molar-refractivity contribution is 7.36. The van der Waals surface area contributed by atoms with Gasteiger partial charge in [-0.15, -0.1) is 8.20 Å². The molecule has 0 aliphatic carbocycles. The summed E-state index contributed by atoms with van der Waals surface area (Å²) in [4.78, 5) is 0. The molecule has 0 saturated carbocycles. The van der Waals surface area contributed by atoms with Crippen LogP contribution < -0.4 is 0 Å². The Bertz CT molecular complexity index is 222. The minimum Gasteiger partial charge on any atom is -0.390 e. The second kappa shape index (κ2) is 4.95. The van der Waals surface area contributed by atoms with Gasteiger partial charge in [-0.3, -0.25) is 0 Å². The van der Waals surface area contributed by atoms with Crippen molar-refractivity contribution < 1.29 is 9.84 Å². The quantitative estimate of drug-likeness (QED) is 0.755. The monoisotopic (exact) mass is 230 g/mol. The first-order valence-corrected chi connectivity index (χ1v) is 6.87. The van der Waals surface area contributed by atoms with E-state index in [1.54, 1.807) is 0 Å².